The second-order valence-corrected chi connectivity index (χ2v) is 6.08. The molecule has 0 aromatic rings. The summed E-state index contributed by atoms with van der Waals surface area (Å²) in [5.74, 6) is 8.54. The zero-order chi connectivity index (χ0) is 13.4. The van der Waals surface area contributed by atoms with E-state index in [0.29, 0.717) is 5.92 Å². The van der Waals surface area contributed by atoms with Crippen LogP contribution in [-0.2, 0) is 0 Å². The van der Waals surface area contributed by atoms with Gasteiger partial charge in [0.15, 0.2) is 0 Å². The largest absolute Gasteiger partial charge is 0.355 e. The van der Waals surface area contributed by atoms with Crippen molar-refractivity contribution >= 4 is 5.96 Å². The van der Waals surface area contributed by atoms with Crippen molar-refractivity contribution in [2.45, 2.75) is 52.9 Å². The van der Waals surface area contributed by atoms with E-state index in [1.807, 2.05) is 0 Å². The molecule has 0 aromatic heterocycles. The predicted octanol–water partition coefficient (Wildman–Crippen LogP) is 2.27. The SMILES string of the molecule is CC(C)CN=C(NN)NCCC1CCCC(C)C1. The fourth-order valence-electron chi connectivity index (χ4n) is 2.64. The van der Waals surface area contributed by atoms with Gasteiger partial charge in [0.1, 0.15) is 0 Å². The van der Waals surface area contributed by atoms with Gasteiger partial charge in [-0.15, -0.1) is 0 Å². The topological polar surface area (TPSA) is 62.4 Å². The van der Waals surface area contributed by atoms with Crippen molar-refractivity contribution in [3.05, 3.63) is 0 Å². The monoisotopic (exact) mass is 254 g/mol. The van der Waals surface area contributed by atoms with E-state index in [2.05, 4.69) is 36.5 Å². The first-order valence-corrected chi connectivity index (χ1v) is 7.36. The van der Waals surface area contributed by atoms with Crippen LogP contribution in [0.1, 0.15) is 52.9 Å². The van der Waals surface area contributed by atoms with Gasteiger partial charge in [0.05, 0.1) is 0 Å². The number of hydrogen-bond donors (Lipinski definition) is 3. The molecule has 0 amide bonds. The molecule has 1 aliphatic rings. The highest BCUT2D eigenvalue weighted by Crippen LogP contribution is 2.30. The van der Waals surface area contributed by atoms with E-state index in [-0.39, 0.29) is 0 Å². The first-order valence-electron chi connectivity index (χ1n) is 7.36. The molecule has 4 N–H and O–H groups in total. The van der Waals surface area contributed by atoms with Crippen molar-refractivity contribution in [1.29, 1.82) is 0 Å². The van der Waals surface area contributed by atoms with Crippen LogP contribution in [0.2, 0.25) is 0 Å². The number of nitrogens with zero attached hydrogens (tertiary/aromatic N) is 1. The van der Waals surface area contributed by atoms with Crippen molar-refractivity contribution < 1.29 is 0 Å². The third kappa shape index (κ3) is 6.24. The normalized spacial score (nSPS) is 25.3. The summed E-state index contributed by atoms with van der Waals surface area (Å²) >= 11 is 0. The van der Waals surface area contributed by atoms with Crippen LogP contribution in [0.25, 0.3) is 0 Å². The molecule has 0 radical (unpaired) electrons. The van der Waals surface area contributed by atoms with Crippen molar-refractivity contribution in [2.75, 3.05) is 13.1 Å². The summed E-state index contributed by atoms with van der Waals surface area (Å²) in [5.41, 5.74) is 2.64. The zero-order valence-corrected chi connectivity index (χ0v) is 12.2. The molecule has 4 nitrogen and oxygen atoms in total. The minimum Gasteiger partial charge on any atom is -0.355 e. The summed E-state index contributed by atoms with van der Waals surface area (Å²) in [6.07, 6.45) is 6.81. The average molecular weight is 254 g/mol. The van der Waals surface area contributed by atoms with Gasteiger partial charge >= 0.3 is 0 Å². The Kier molecular flexibility index (Phi) is 7.09. The number of nitrogens with two attached hydrogens (primary N) is 1. The van der Waals surface area contributed by atoms with Crippen LogP contribution in [0.4, 0.5) is 0 Å². The Morgan fingerprint density at radius 2 is 2.17 bits per heavy atom. The van der Waals surface area contributed by atoms with E-state index in [9.17, 15) is 0 Å². The molecule has 106 valence electrons. The number of hydrogen-bond acceptors (Lipinski definition) is 2. The molecule has 0 heterocycles. The van der Waals surface area contributed by atoms with Crippen LogP contribution in [0.15, 0.2) is 4.99 Å². The van der Waals surface area contributed by atoms with Gasteiger partial charge in [-0.1, -0.05) is 40.0 Å². The molecule has 1 aliphatic carbocycles. The fraction of sp³-hybridized carbons (Fsp3) is 0.929. The molecular formula is C14H30N4. The second-order valence-electron chi connectivity index (χ2n) is 6.08. The molecule has 2 unspecified atom stereocenters. The van der Waals surface area contributed by atoms with Gasteiger partial charge in [0.25, 0.3) is 0 Å². The summed E-state index contributed by atoms with van der Waals surface area (Å²) in [5, 5.41) is 3.30. The molecule has 0 aromatic carbocycles. The average Bonchev–Trinajstić information content (AvgIpc) is 2.33. The van der Waals surface area contributed by atoms with Gasteiger partial charge in [-0.05, 0) is 30.6 Å². The third-order valence-corrected chi connectivity index (χ3v) is 3.64. The summed E-state index contributed by atoms with van der Waals surface area (Å²) in [6.45, 7) is 8.46. The first-order chi connectivity index (χ1) is 8.61. The molecule has 0 aliphatic heterocycles. The lowest BCUT2D eigenvalue weighted by Gasteiger charge is -2.26. The molecule has 1 saturated carbocycles. The molecule has 4 heteroatoms. The molecule has 1 rings (SSSR count). The van der Waals surface area contributed by atoms with Crippen molar-refractivity contribution in [2.24, 2.45) is 28.6 Å². The van der Waals surface area contributed by atoms with Crippen LogP contribution in [0.5, 0.6) is 0 Å². The number of guanidine groups is 1. The number of aliphatic imine (C=N–C) groups is 1. The molecule has 0 spiro atoms. The first kappa shape index (κ1) is 15.3. The van der Waals surface area contributed by atoms with Gasteiger partial charge in [-0.2, -0.15) is 0 Å². The highest BCUT2D eigenvalue weighted by Gasteiger charge is 2.18. The molecule has 1 fully saturated rings. The Morgan fingerprint density at radius 3 is 2.78 bits per heavy atom. The van der Waals surface area contributed by atoms with Crippen molar-refractivity contribution in [1.82, 2.24) is 10.7 Å². The molecule has 2 atom stereocenters. The van der Waals surface area contributed by atoms with E-state index >= 15 is 0 Å². The zero-order valence-electron chi connectivity index (χ0n) is 12.2. The Hall–Kier alpha value is -0.770. The maximum absolute atomic E-state index is 5.46. The van der Waals surface area contributed by atoms with Gasteiger partial charge < -0.3 is 5.32 Å². The van der Waals surface area contributed by atoms with E-state index in [1.165, 1.54) is 32.1 Å². The molecule has 18 heavy (non-hydrogen) atoms. The van der Waals surface area contributed by atoms with Gasteiger partial charge in [0.2, 0.25) is 5.96 Å². The van der Waals surface area contributed by atoms with Gasteiger partial charge in [-0.25, -0.2) is 5.84 Å². The maximum atomic E-state index is 5.46. The standard InChI is InChI=1S/C14H30N4/c1-11(2)10-17-14(18-15)16-8-7-13-6-4-5-12(3)9-13/h11-13H,4-10,15H2,1-3H3,(H2,16,17,18). The summed E-state index contributed by atoms with van der Waals surface area (Å²) < 4.78 is 0. The molecule has 0 bridgehead atoms. The number of nitrogens with one attached hydrogen (secondary N) is 2. The summed E-state index contributed by atoms with van der Waals surface area (Å²) in [6, 6.07) is 0. The Morgan fingerprint density at radius 1 is 1.39 bits per heavy atom. The van der Waals surface area contributed by atoms with Crippen LogP contribution in [0, 0.1) is 17.8 Å². The van der Waals surface area contributed by atoms with Crippen LogP contribution in [0.3, 0.4) is 0 Å². The van der Waals surface area contributed by atoms with Crippen LogP contribution in [-0.4, -0.2) is 19.0 Å². The van der Waals surface area contributed by atoms with Crippen LogP contribution < -0.4 is 16.6 Å². The second kappa shape index (κ2) is 8.35. The Labute approximate surface area is 112 Å². The van der Waals surface area contributed by atoms with Gasteiger partial charge in [0, 0.05) is 13.1 Å². The Balaban J connectivity index is 2.20. The quantitative estimate of drug-likeness (QED) is 0.305. The smallest absolute Gasteiger partial charge is 0.205 e. The molecule has 0 saturated heterocycles. The number of hydrazine groups is 1. The predicted molar refractivity (Wildman–Crippen MR) is 78.2 cm³/mol. The van der Waals surface area contributed by atoms with E-state index < -0.39 is 0 Å². The van der Waals surface area contributed by atoms with E-state index in [4.69, 9.17) is 5.84 Å². The lowest BCUT2D eigenvalue weighted by atomic mass is 9.81. The summed E-state index contributed by atoms with van der Waals surface area (Å²) in [7, 11) is 0. The third-order valence-electron chi connectivity index (χ3n) is 3.64. The fourth-order valence-corrected chi connectivity index (χ4v) is 2.64. The van der Waals surface area contributed by atoms with E-state index in [0.717, 1.165) is 30.9 Å². The Bertz CT molecular complexity index is 250. The lowest BCUT2D eigenvalue weighted by Crippen LogP contribution is -2.42. The van der Waals surface area contributed by atoms with Crippen molar-refractivity contribution in [3.63, 3.8) is 0 Å². The lowest BCUT2D eigenvalue weighted by molar-refractivity contribution is 0.270. The highest BCUT2D eigenvalue weighted by molar-refractivity contribution is 5.79. The van der Waals surface area contributed by atoms with Crippen LogP contribution >= 0.6 is 0 Å². The summed E-state index contributed by atoms with van der Waals surface area (Å²) in [4.78, 5) is 4.41. The highest BCUT2D eigenvalue weighted by atomic mass is 15.3. The van der Waals surface area contributed by atoms with Crippen molar-refractivity contribution in [3.8, 4) is 0 Å². The molecular weight excluding hydrogens is 224 g/mol. The maximum Gasteiger partial charge on any atom is 0.205 e. The minimum absolute atomic E-state index is 0.564. The number of rotatable bonds is 5. The van der Waals surface area contributed by atoms with E-state index in [1.54, 1.807) is 0 Å². The minimum atomic E-state index is 0.564. The van der Waals surface area contributed by atoms with Gasteiger partial charge in [-0.3, -0.25) is 10.4 Å².